The van der Waals surface area contributed by atoms with Gasteiger partial charge in [0.05, 0.1) is 12.8 Å². The van der Waals surface area contributed by atoms with Gasteiger partial charge in [0.25, 0.3) is 10.0 Å². The molecule has 0 spiro atoms. The van der Waals surface area contributed by atoms with E-state index in [1.807, 2.05) is 19.9 Å². The van der Waals surface area contributed by atoms with Gasteiger partial charge in [-0.25, -0.2) is 8.42 Å². The smallest absolute Gasteiger partial charge is 0.326 e. The van der Waals surface area contributed by atoms with Crippen LogP contribution in [0, 0.1) is 13.8 Å². The molecule has 0 radical (unpaired) electrons. The molecule has 22 heavy (non-hydrogen) atoms. The van der Waals surface area contributed by atoms with E-state index in [4.69, 9.17) is 0 Å². The third-order valence-corrected chi connectivity index (χ3v) is 6.18. The Hall–Kier alpha value is -1.86. The minimum Gasteiger partial charge on any atom is -0.468 e. The average Bonchev–Trinajstić information content (AvgIpc) is 2.97. The van der Waals surface area contributed by atoms with Crippen LogP contribution >= 0.6 is 11.3 Å². The molecule has 0 unspecified atom stereocenters. The maximum absolute atomic E-state index is 12.8. The third-order valence-electron chi connectivity index (χ3n) is 3.03. The van der Waals surface area contributed by atoms with Crippen LogP contribution in [0.3, 0.4) is 0 Å². The highest BCUT2D eigenvalue weighted by molar-refractivity contribution is 7.94. The molecule has 0 amide bonds. The molecule has 5 nitrogen and oxygen atoms in total. The summed E-state index contributed by atoms with van der Waals surface area (Å²) in [7, 11) is -2.56. The van der Waals surface area contributed by atoms with Gasteiger partial charge in [-0.3, -0.25) is 9.10 Å². The number of methoxy groups -OCH3 is 1. The highest BCUT2D eigenvalue weighted by Gasteiger charge is 2.28. The van der Waals surface area contributed by atoms with Crippen LogP contribution in [-0.4, -0.2) is 28.0 Å². The minimum absolute atomic E-state index is 0.190. The predicted molar refractivity (Wildman–Crippen MR) is 86.8 cm³/mol. The quantitative estimate of drug-likeness (QED) is 0.786. The van der Waals surface area contributed by atoms with Crippen molar-refractivity contribution in [2.24, 2.45) is 0 Å². The second-order valence-corrected chi connectivity index (χ2v) is 7.90. The Labute approximate surface area is 134 Å². The lowest BCUT2D eigenvalue weighted by Gasteiger charge is -2.23. The van der Waals surface area contributed by atoms with Gasteiger partial charge in [0, 0.05) is 0 Å². The summed E-state index contributed by atoms with van der Waals surface area (Å²) >= 11 is 1.11. The van der Waals surface area contributed by atoms with Crippen LogP contribution in [0.15, 0.2) is 39.9 Å². The summed E-state index contributed by atoms with van der Waals surface area (Å²) in [5.41, 5.74) is 2.30. The molecule has 0 atom stereocenters. The second kappa shape index (κ2) is 6.50. The van der Waals surface area contributed by atoms with Crippen molar-refractivity contribution < 1.29 is 17.9 Å². The number of hydrogen-bond donors (Lipinski definition) is 0. The molecule has 0 saturated carbocycles. The van der Waals surface area contributed by atoms with E-state index in [0.29, 0.717) is 5.69 Å². The topological polar surface area (TPSA) is 63.7 Å². The molecule has 0 aliphatic rings. The van der Waals surface area contributed by atoms with Crippen LogP contribution < -0.4 is 4.31 Å². The van der Waals surface area contributed by atoms with E-state index in [2.05, 4.69) is 4.74 Å². The number of carbonyl (C=O) groups is 1. The molecule has 2 aromatic rings. The summed E-state index contributed by atoms with van der Waals surface area (Å²) in [6.07, 6.45) is 0. The van der Waals surface area contributed by atoms with Gasteiger partial charge in [-0.05, 0) is 48.6 Å². The van der Waals surface area contributed by atoms with Gasteiger partial charge in [0.1, 0.15) is 10.8 Å². The number of anilines is 1. The second-order valence-electron chi connectivity index (χ2n) is 4.87. The van der Waals surface area contributed by atoms with E-state index in [9.17, 15) is 13.2 Å². The zero-order valence-electron chi connectivity index (χ0n) is 12.6. The van der Waals surface area contributed by atoms with Crippen molar-refractivity contribution in [1.29, 1.82) is 0 Å². The van der Waals surface area contributed by atoms with Crippen molar-refractivity contribution >= 4 is 33.0 Å². The predicted octanol–water partition coefficient (Wildman–Crippen LogP) is 2.73. The molecule has 0 saturated heterocycles. The molecule has 1 heterocycles. The van der Waals surface area contributed by atoms with Crippen molar-refractivity contribution in [1.82, 2.24) is 0 Å². The summed E-state index contributed by atoms with van der Waals surface area (Å²) in [6.45, 7) is 3.40. The Balaban J connectivity index is 2.54. The number of benzene rings is 1. The standard InChI is InChI=1S/C15H17NO4S2/c1-11-7-12(2)9-13(8-11)16(10-14(17)20-3)22(18,19)15-5-4-6-21-15/h4-9H,10H2,1-3H3. The Morgan fingerprint density at radius 2 is 1.86 bits per heavy atom. The summed E-state index contributed by atoms with van der Waals surface area (Å²) in [4.78, 5) is 11.7. The van der Waals surface area contributed by atoms with Gasteiger partial charge >= 0.3 is 5.97 Å². The number of ether oxygens (including phenoxy) is 1. The van der Waals surface area contributed by atoms with E-state index in [1.54, 1.807) is 23.6 Å². The number of rotatable bonds is 5. The first-order valence-corrected chi connectivity index (χ1v) is 8.88. The van der Waals surface area contributed by atoms with Crippen LogP contribution in [0.2, 0.25) is 0 Å². The first-order valence-electron chi connectivity index (χ1n) is 6.56. The number of sulfonamides is 1. The minimum atomic E-state index is -3.80. The van der Waals surface area contributed by atoms with Gasteiger partial charge in [-0.2, -0.15) is 0 Å². The fourth-order valence-corrected chi connectivity index (χ4v) is 4.61. The Bertz CT molecular complexity index is 747. The number of esters is 1. The molecule has 0 fully saturated rings. The fourth-order valence-electron chi connectivity index (χ4n) is 2.11. The molecular formula is C15H17NO4S2. The van der Waals surface area contributed by atoms with E-state index in [-0.39, 0.29) is 10.8 Å². The number of thiophene rings is 1. The maximum Gasteiger partial charge on any atom is 0.326 e. The summed E-state index contributed by atoms with van der Waals surface area (Å²) in [5.74, 6) is -0.612. The largest absolute Gasteiger partial charge is 0.468 e. The lowest BCUT2D eigenvalue weighted by Crippen LogP contribution is -2.36. The molecule has 1 aromatic carbocycles. The van der Waals surface area contributed by atoms with Crippen LogP contribution in [-0.2, 0) is 19.6 Å². The summed E-state index contributed by atoms with van der Waals surface area (Å²) < 4.78 is 31.5. The molecule has 2 rings (SSSR count). The first-order chi connectivity index (χ1) is 10.3. The molecular weight excluding hydrogens is 322 g/mol. The van der Waals surface area contributed by atoms with Gasteiger partial charge in [-0.15, -0.1) is 11.3 Å². The normalized spacial score (nSPS) is 11.2. The Morgan fingerprint density at radius 3 is 2.36 bits per heavy atom. The lowest BCUT2D eigenvalue weighted by molar-refractivity contribution is -0.138. The summed E-state index contributed by atoms with van der Waals surface area (Å²) in [5, 5.41) is 1.69. The molecule has 0 aliphatic carbocycles. The average molecular weight is 339 g/mol. The Kier molecular flexibility index (Phi) is 4.87. The van der Waals surface area contributed by atoms with E-state index < -0.39 is 16.0 Å². The molecule has 118 valence electrons. The van der Waals surface area contributed by atoms with Crippen LogP contribution in [0.25, 0.3) is 0 Å². The van der Waals surface area contributed by atoms with E-state index in [0.717, 1.165) is 26.8 Å². The first kappa shape index (κ1) is 16.5. The molecule has 7 heteroatoms. The van der Waals surface area contributed by atoms with E-state index in [1.165, 1.54) is 13.2 Å². The van der Waals surface area contributed by atoms with Crippen LogP contribution in [0.5, 0.6) is 0 Å². The van der Waals surface area contributed by atoms with Crippen LogP contribution in [0.1, 0.15) is 11.1 Å². The third kappa shape index (κ3) is 3.48. The number of nitrogens with zero attached hydrogens (tertiary/aromatic N) is 1. The fraction of sp³-hybridized carbons (Fsp3) is 0.267. The van der Waals surface area contributed by atoms with Crippen molar-refractivity contribution in [2.45, 2.75) is 18.1 Å². The van der Waals surface area contributed by atoms with Crippen molar-refractivity contribution in [2.75, 3.05) is 18.0 Å². The number of carbonyl (C=O) groups excluding carboxylic acids is 1. The zero-order valence-corrected chi connectivity index (χ0v) is 14.2. The van der Waals surface area contributed by atoms with Crippen molar-refractivity contribution in [3.8, 4) is 0 Å². The highest BCUT2D eigenvalue weighted by Crippen LogP contribution is 2.28. The van der Waals surface area contributed by atoms with Gasteiger partial charge < -0.3 is 4.74 Å². The molecule has 0 bridgehead atoms. The molecule has 0 N–H and O–H groups in total. The Morgan fingerprint density at radius 1 is 1.23 bits per heavy atom. The SMILES string of the molecule is COC(=O)CN(c1cc(C)cc(C)c1)S(=O)(=O)c1cccs1. The van der Waals surface area contributed by atoms with Crippen LogP contribution in [0.4, 0.5) is 5.69 Å². The van der Waals surface area contributed by atoms with E-state index >= 15 is 0 Å². The highest BCUT2D eigenvalue weighted by atomic mass is 32.2. The maximum atomic E-state index is 12.8. The number of aryl methyl sites for hydroxylation is 2. The van der Waals surface area contributed by atoms with Gasteiger partial charge in [0.15, 0.2) is 0 Å². The zero-order chi connectivity index (χ0) is 16.3. The monoisotopic (exact) mass is 339 g/mol. The molecule has 0 aliphatic heterocycles. The van der Waals surface area contributed by atoms with Gasteiger partial charge in [0.2, 0.25) is 0 Å². The van der Waals surface area contributed by atoms with Gasteiger partial charge in [-0.1, -0.05) is 12.1 Å². The number of hydrogen-bond acceptors (Lipinski definition) is 5. The van der Waals surface area contributed by atoms with Crippen molar-refractivity contribution in [3.63, 3.8) is 0 Å². The van der Waals surface area contributed by atoms with Crippen molar-refractivity contribution in [3.05, 3.63) is 46.8 Å². The summed E-state index contributed by atoms with van der Waals surface area (Å²) in [6, 6.07) is 8.60. The molecule has 1 aromatic heterocycles. The lowest BCUT2D eigenvalue weighted by atomic mass is 10.1.